The fraction of sp³-hybridized carbons (Fsp3) is 0.400. The lowest BCUT2D eigenvalue weighted by Gasteiger charge is -2.32. The number of hydrogen-bond donors (Lipinski definition) is 0. The fourth-order valence-electron chi connectivity index (χ4n) is 3.59. The Morgan fingerprint density at radius 1 is 1.19 bits per heavy atom. The Hall–Kier alpha value is -2.18. The molecule has 6 heteroatoms. The van der Waals surface area contributed by atoms with Crippen molar-refractivity contribution >= 4 is 21.6 Å². The topological polar surface area (TPSA) is 53.2 Å². The quantitative estimate of drug-likeness (QED) is 0.709. The van der Waals surface area contributed by atoms with Gasteiger partial charge in [-0.15, -0.1) is 11.3 Å². The van der Waals surface area contributed by atoms with Gasteiger partial charge in [-0.05, 0) is 38.0 Å². The summed E-state index contributed by atoms with van der Waals surface area (Å²) in [6.45, 7) is 7.15. The van der Waals surface area contributed by atoms with Crippen molar-refractivity contribution < 1.29 is 4.74 Å². The Labute approximate surface area is 155 Å². The number of hydrogen-bond acceptors (Lipinski definition) is 4. The summed E-state index contributed by atoms with van der Waals surface area (Å²) in [6.07, 6.45) is 1.58. The maximum absolute atomic E-state index is 13.4. The van der Waals surface area contributed by atoms with Gasteiger partial charge in [-0.25, -0.2) is 9.36 Å². The van der Waals surface area contributed by atoms with Crippen LogP contribution >= 0.6 is 11.3 Å². The first kappa shape index (κ1) is 17.2. The summed E-state index contributed by atoms with van der Waals surface area (Å²) < 4.78 is 9.05. The largest absolute Gasteiger partial charge is 0.369 e. The lowest BCUT2D eigenvalue weighted by molar-refractivity contribution is -0.0543. The average molecular weight is 370 g/mol. The van der Waals surface area contributed by atoms with E-state index in [4.69, 9.17) is 4.74 Å². The van der Waals surface area contributed by atoms with Crippen molar-refractivity contribution in [1.29, 1.82) is 0 Å². The number of aryl methyl sites for hydroxylation is 1. The molecular formula is C20H22N2O3S. The third-order valence-corrected chi connectivity index (χ3v) is 6.57. The molecule has 0 spiro atoms. The van der Waals surface area contributed by atoms with E-state index < -0.39 is 0 Å². The molecule has 3 heterocycles. The van der Waals surface area contributed by atoms with Gasteiger partial charge in [0.1, 0.15) is 4.83 Å². The molecular weight excluding hydrogens is 348 g/mol. The first-order chi connectivity index (χ1) is 12.5. The van der Waals surface area contributed by atoms with Gasteiger partial charge >= 0.3 is 5.69 Å². The van der Waals surface area contributed by atoms with E-state index in [1.807, 2.05) is 25.1 Å². The molecule has 3 aromatic rings. The summed E-state index contributed by atoms with van der Waals surface area (Å²) in [5.41, 5.74) is 0.889. The molecule has 0 fully saturated rings. The Morgan fingerprint density at radius 2 is 1.92 bits per heavy atom. The van der Waals surface area contributed by atoms with E-state index in [1.54, 1.807) is 16.7 Å². The summed E-state index contributed by atoms with van der Waals surface area (Å²) >= 11 is 1.52. The van der Waals surface area contributed by atoms with Crippen molar-refractivity contribution in [1.82, 2.24) is 9.13 Å². The fourth-order valence-corrected chi connectivity index (χ4v) is 4.87. The average Bonchev–Trinajstić information content (AvgIpc) is 3.01. The predicted octanol–water partition coefficient (Wildman–Crippen LogP) is 3.48. The molecule has 0 N–H and O–H groups in total. The number of fused-ring (bicyclic) bond motifs is 3. The second-order valence-electron chi connectivity index (χ2n) is 6.96. The number of benzene rings is 1. The molecule has 1 atom stereocenters. The SMILES string of the molecule is CCn1c(=O)n(-c2ccccc2)c(=O)c2c3c(sc21)CO[C@@](C)(CC)C3. The zero-order valence-electron chi connectivity index (χ0n) is 15.2. The van der Waals surface area contributed by atoms with Crippen molar-refractivity contribution in [2.24, 2.45) is 0 Å². The van der Waals surface area contributed by atoms with Gasteiger partial charge in [0.15, 0.2) is 0 Å². The maximum atomic E-state index is 13.4. The van der Waals surface area contributed by atoms with Gasteiger partial charge < -0.3 is 4.74 Å². The van der Waals surface area contributed by atoms with Crippen LogP contribution in [0.1, 0.15) is 37.6 Å². The van der Waals surface area contributed by atoms with Crippen LogP contribution in [0.2, 0.25) is 0 Å². The van der Waals surface area contributed by atoms with Crippen LogP contribution in [0.3, 0.4) is 0 Å². The van der Waals surface area contributed by atoms with Crippen LogP contribution in [0.4, 0.5) is 0 Å². The molecule has 4 rings (SSSR count). The molecule has 1 aliphatic rings. The molecule has 0 saturated heterocycles. The zero-order valence-corrected chi connectivity index (χ0v) is 16.1. The zero-order chi connectivity index (χ0) is 18.5. The smallest absolute Gasteiger partial charge is 0.336 e. The Kier molecular flexibility index (Phi) is 4.12. The molecule has 5 nitrogen and oxygen atoms in total. The summed E-state index contributed by atoms with van der Waals surface area (Å²) in [6, 6.07) is 9.15. The molecule has 1 aliphatic heterocycles. The molecule has 0 amide bonds. The van der Waals surface area contributed by atoms with Gasteiger partial charge in [-0.3, -0.25) is 9.36 Å². The number of rotatable bonds is 3. The number of aromatic nitrogens is 2. The van der Waals surface area contributed by atoms with Gasteiger partial charge in [0.25, 0.3) is 5.56 Å². The third kappa shape index (κ3) is 2.47. The van der Waals surface area contributed by atoms with Crippen LogP contribution < -0.4 is 11.2 Å². The lowest BCUT2D eigenvalue weighted by atomic mass is 9.90. The van der Waals surface area contributed by atoms with Crippen molar-refractivity contribution in [3.63, 3.8) is 0 Å². The van der Waals surface area contributed by atoms with Gasteiger partial charge in [0, 0.05) is 17.8 Å². The molecule has 0 saturated carbocycles. The normalized spacial score (nSPS) is 19.7. The third-order valence-electron chi connectivity index (χ3n) is 5.34. The number of thiophene rings is 1. The van der Waals surface area contributed by atoms with E-state index in [-0.39, 0.29) is 16.9 Å². The van der Waals surface area contributed by atoms with E-state index >= 15 is 0 Å². The first-order valence-corrected chi connectivity index (χ1v) is 9.80. The molecule has 1 aromatic carbocycles. The number of nitrogens with zero attached hydrogens (tertiary/aromatic N) is 2. The van der Waals surface area contributed by atoms with Gasteiger partial charge in [-0.2, -0.15) is 0 Å². The summed E-state index contributed by atoms with van der Waals surface area (Å²) in [5, 5.41) is 0.679. The second kappa shape index (κ2) is 6.21. The lowest BCUT2D eigenvalue weighted by Crippen LogP contribution is -2.39. The van der Waals surface area contributed by atoms with Crippen molar-refractivity contribution in [2.75, 3.05) is 0 Å². The van der Waals surface area contributed by atoms with Crippen LogP contribution in [0.15, 0.2) is 39.9 Å². The molecule has 26 heavy (non-hydrogen) atoms. The van der Waals surface area contributed by atoms with Crippen molar-refractivity contribution in [2.45, 2.75) is 52.4 Å². The van der Waals surface area contributed by atoms with E-state index in [1.165, 1.54) is 15.9 Å². The van der Waals surface area contributed by atoms with Crippen LogP contribution in [-0.4, -0.2) is 14.7 Å². The van der Waals surface area contributed by atoms with Crippen molar-refractivity contribution in [3.8, 4) is 5.69 Å². The molecule has 0 bridgehead atoms. The maximum Gasteiger partial charge on any atom is 0.336 e. The highest BCUT2D eigenvalue weighted by Crippen LogP contribution is 2.38. The summed E-state index contributed by atoms with van der Waals surface area (Å²) in [5.74, 6) is 0. The Balaban J connectivity index is 2.09. The van der Waals surface area contributed by atoms with E-state index in [0.29, 0.717) is 30.6 Å². The van der Waals surface area contributed by atoms with Crippen LogP contribution in [0.25, 0.3) is 15.9 Å². The first-order valence-electron chi connectivity index (χ1n) is 8.98. The molecule has 0 radical (unpaired) electrons. The standard InChI is InChI=1S/C20H22N2O3S/c1-4-20(3)11-14-15(12-25-20)26-18-16(14)17(23)22(19(24)21(18)5-2)13-9-7-6-8-10-13/h6-10H,4-5,11-12H2,1-3H3/t20-/m0/s1. The van der Waals surface area contributed by atoms with Gasteiger partial charge in [0.2, 0.25) is 0 Å². The van der Waals surface area contributed by atoms with Crippen molar-refractivity contribution in [3.05, 3.63) is 61.6 Å². The summed E-state index contributed by atoms with van der Waals surface area (Å²) in [4.78, 5) is 28.2. The number of ether oxygens (including phenoxy) is 1. The predicted molar refractivity (Wildman–Crippen MR) is 105 cm³/mol. The number of para-hydroxylation sites is 1. The minimum Gasteiger partial charge on any atom is -0.369 e. The van der Waals surface area contributed by atoms with E-state index in [0.717, 1.165) is 21.7 Å². The van der Waals surface area contributed by atoms with Crippen LogP contribution in [-0.2, 0) is 24.3 Å². The van der Waals surface area contributed by atoms with E-state index in [2.05, 4.69) is 13.8 Å². The molecule has 2 aromatic heterocycles. The van der Waals surface area contributed by atoms with E-state index in [9.17, 15) is 9.59 Å². The highest BCUT2D eigenvalue weighted by atomic mass is 32.1. The van der Waals surface area contributed by atoms with Crippen LogP contribution in [0, 0.1) is 0 Å². The van der Waals surface area contributed by atoms with Gasteiger partial charge in [-0.1, -0.05) is 25.1 Å². The Bertz CT molecular complexity index is 1090. The highest BCUT2D eigenvalue weighted by Gasteiger charge is 2.33. The monoisotopic (exact) mass is 370 g/mol. The summed E-state index contributed by atoms with van der Waals surface area (Å²) in [7, 11) is 0. The van der Waals surface area contributed by atoms with Crippen LogP contribution in [0.5, 0.6) is 0 Å². The minimum absolute atomic E-state index is 0.223. The molecule has 0 aliphatic carbocycles. The second-order valence-corrected chi connectivity index (χ2v) is 8.04. The minimum atomic E-state index is -0.283. The van der Waals surface area contributed by atoms with Gasteiger partial charge in [0.05, 0.1) is 23.3 Å². The highest BCUT2D eigenvalue weighted by molar-refractivity contribution is 7.18. The Morgan fingerprint density at radius 3 is 2.58 bits per heavy atom. The molecule has 0 unspecified atom stereocenters. The molecule has 136 valence electrons.